The van der Waals surface area contributed by atoms with Gasteiger partial charge in [0, 0.05) is 12.6 Å². The van der Waals surface area contributed by atoms with E-state index in [1.165, 1.54) is 24.3 Å². The van der Waals surface area contributed by atoms with E-state index in [0.717, 1.165) is 12.8 Å². The molecule has 0 aliphatic carbocycles. The van der Waals surface area contributed by atoms with Gasteiger partial charge in [-0.15, -0.1) is 0 Å². The first-order valence-corrected chi connectivity index (χ1v) is 8.84. The largest absolute Gasteiger partial charge is 0.508 e. The summed E-state index contributed by atoms with van der Waals surface area (Å²) in [5, 5.41) is 9.24. The minimum atomic E-state index is -3.56. The summed E-state index contributed by atoms with van der Waals surface area (Å²) < 4.78 is 33.4. The lowest BCUT2D eigenvalue weighted by Gasteiger charge is -2.40. The van der Waals surface area contributed by atoms with Crippen molar-refractivity contribution in [1.82, 2.24) is 4.72 Å². The van der Waals surface area contributed by atoms with Crippen molar-refractivity contribution in [2.45, 2.75) is 56.1 Å². The number of ether oxygens (including phenoxy) is 1. The van der Waals surface area contributed by atoms with E-state index in [9.17, 15) is 13.5 Å². The van der Waals surface area contributed by atoms with E-state index in [1.54, 1.807) is 0 Å². The number of rotatable bonds is 5. The molecule has 6 heteroatoms. The molecule has 1 fully saturated rings. The van der Waals surface area contributed by atoms with Crippen LogP contribution in [0.1, 0.15) is 39.5 Å². The Kier molecular flexibility index (Phi) is 4.91. The Hall–Kier alpha value is -1.11. The molecule has 0 aromatic heterocycles. The Morgan fingerprint density at radius 1 is 1.29 bits per heavy atom. The quantitative estimate of drug-likeness (QED) is 0.875. The van der Waals surface area contributed by atoms with Gasteiger partial charge in [-0.05, 0) is 49.9 Å². The average Bonchev–Trinajstić information content (AvgIpc) is 2.47. The van der Waals surface area contributed by atoms with Gasteiger partial charge >= 0.3 is 0 Å². The fourth-order valence-corrected chi connectivity index (χ4v) is 4.05. The Morgan fingerprint density at radius 2 is 1.90 bits per heavy atom. The Bertz CT molecular complexity index is 564. The summed E-state index contributed by atoms with van der Waals surface area (Å²) in [4.78, 5) is 0.172. The maximum absolute atomic E-state index is 12.4. The maximum Gasteiger partial charge on any atom is 0.240 e. The van der Waals surface area contributed by atoms with Crippen LogP contribution < -0.4 is 4.72 Å². The summed E-state index contributed by atoms with van der Waals surface area (Å²) in [6, 6.07) is 5.45. The first-order chi connectivity index (χ1) is 9.91. The van der Waals surface area contributed by atoms with Gasteiger partial charge in [0.2, 0.25) is 10.0 Å². The molecule has 0 amide bonds. The van der Waals surface area contributed by atoms with Crippen LogP contribution in [0.2, 0.25) is 0 Å². The molecule has 0 radical (unpaired) electrons. The normalized spacial score (nSPS) is 22.1. The van der Waals surface area contributed by atoms with Crippen LogP contribution in [0, 0.1) is 0 Å². The van der Waals surface area contributed by atoms with Gasteiger partial charge in [0.05, 0.1) is 10.5 Å². The van der Waals surface area contributed by atoms with Gasteiger partial charge < -0.3 is 9.84 Å². The van der Waals surface area contributed by atoms with Gasteiger partial charge in [-0.25, -0.2) is 13.1 Å². The summed E-state index contributed by atoms with van der Waals surface area (Å²) in [6.07, 6.45) is 3.12. The molecule has 2 N–H and O–H groups in total. The lowest BCUT2D eigenvalue weighted by Crippen LogP contribution is -2.48. The molecular weight excluding hydrogens is 290 g/mol. The van der Waals surface area contributed by atoms with E-state index in [1.807, 2.05) is 0 Å². The second-order valence-electron chi connectivity index (χ2n) is 5.54. The molecule has 1 aliphatic rings. The lowest BCUT2D eigenvalue weighted by atomic mass is 9.86. The molecule has 5 nitrogen and oxygen atoms in total. The molecule has 1 atom stereocenters. The fraction of sp³-hybridized carbons (Fsp3) is 0.600. The molecule has 118 valence electrons. The molecule has 1 saturated heterocycles. The van der Waals surface area contributed by atoms with Crippen LogP contribution in [0.3, 0.4) is 0 Å². The highest BCUT2D eigenvalue weighted by Gasteiger charge is 2.36. The zero-order valence-corrected chi connectivity index (χ0v) is 13.3. The average molecular weight is 313 g/mol. The smallest absolute Gasteiger partial charge is 0.240 e. The predicted octanol–water partition coefficient (Wildman–Crippen LogP) is 2.41. The third kappa shape index (κ3) is 3.75. The number of nitrogens with one attached hydrogen (secondary N) is 1. The highest BCUT2D eigenvalue weighted by Crippen LogP contribution is 2.32. The summed E-state index contributed by atoms with van der Waals surface area (Å²) in [5.74, 6) is 0.0519. The summed E-state index contributed by atoms with van der Waals surface area (Å²) in [7, 11) is -3.56. The van der Waals surface area contributed by atoms with Crippen LogP contribution in [0.4, 0.5) is 0 Å². The minimum Gasteiger partial charge on any atom is -0.508 e. The Balaban J connectivity index is 2.11. The number of hydrogen-bond acceptors (Lipinski definition) is 4. The molecule has 0 saturated carbocycles. The first-order valence-electron chi connectivity index (χ1n) is 7.36. The van der Waals surface area contributed by atoms with Gasteiger partial charge in [-0.3, -0.25) is 0 Å². The zero-order chi connectivity index (χ0) is 15.5. The third-order valence-electron chi connectivity index (χ3n) is 4.25. The molecule has 1 aromatic rings. The summed E-state index contributed by atoms with van der Waals surface area (Å²) in [6.45, 7) is 4.71. The lowest BCUT2D eigenvalue weighted by molar-refractivity contribution is -0.0905. The molecule has 21 heavy (non-hydrogen) atoms. The van der Waals surface area contributed by atoms with E-state index in [2.05, 4.69) is 18.6 Å². The van der Waals surface area contributed by atoms with Crippen LogP contribution in [-0.2, 0) is 14.8 Å². The number of benzene rings is 1. The van der Waals surface area contributed by atoms with Crippen LogP contribution in [0.5, 0.6) is 5.75 Å². The van der Waals surface area contributed by atoms with Crippen molar-refractivity contribution in [3.63, 3.8) is 0 Å². The molecule has 1 heterocycles. The number of phenolic OH excluding ortho intramolecular Hbond substituents is 1. The first kappa shape index (κ1) is 16.3. The van der Waals surface area contributed by atoms with E-state index in [4.69, 9.17) is 4.74 Å². The SMILES string of the molecule is CCC1(CC)CC(NS(=O)(=O)c2ccc(O)cc2)CCO1. The highest BCUT2D eigenvalue weighted by atomic mass is 32.2. The van der Waals surface area contributed by atoms with Crippen LogP contribution in [-0.4, -0.2) is 31.8 Å². The molecule has 1 aromatic carbocycles. The number of sulfonamides is 1. The molecule has 0 spiro atoms. The minimum absolute atomic E-state index is 0.0519. The maximum atomic E-state index is 12.4. The number of aromatic hydroxyl groups is 1. The van der Waals surface area contributed by atoms with E-state index in [-0.39, 0.29) is 22.3 Å². The third-order valence-corrected chi connectivity index (χ3v) is 5.79. The Morgan fingerprint density at radius 3 is 2.48 bits per heavy atom. The monoisotopic (exact) mass is 313 g/mol. The van der Waals surface area contributed by atoms with Gasteiger partial charge in [0.25, 0.3) is 0 Å². The molecular formula is C15H23NO4S. The second kappa shape index (κ2) is 6.34. The van der Waals surface area contributed by atoms with Crippen molar-refractivity contribution >= 4 is 10.0 Å². The van der Waals surface area contributed by atoms with Crippen molar-refractivity contribution in [1.29, 1.82) is 0 Å². The molecule has 2 rings (SSSR count). The van der Waals surface area contributed by atoms with E-state index < -0.39 is 10.0 Å². The molecule has 1 unspecified atom stereocenters. The van der Waals surface area contributed by atoms with E-state index >= 15 is 0 Å². The molecule has 1 aliphatic heterocycles. The highest BCUT2D eigenvalue weighted by molar-refractivity contribution is 7.89. The van der Waals surface area contributed by atoms with Crippen molar-refractivity contribution in [2.75, 3.05) is 6.61 Å². The van der Waals surface area contributed by atoms with Gasteiger partial charge in [0.15, 0.2) is 0 Å². The van der Waals surface area contributed by atoms with Crippen LogP contribution in [0.15, 0.2) is 29.2 Å². The second-order valence-corrected chi connectivity index (χ2v) is 7.26. The van der Waals surface area contributed by atoms with Gasteiger partial charge in [-0.1, -0.05) is 13.8 Å². The number of phenols is 1. The fourth-order valence-electron chi connectivity index (χ4n) is 2.78. The van der Waals surface area contributed by atoms with Gasteiger partial charge in [-0.2, -0.15) is 0 Å². The number of hydrogen-bond donors (Lipinski definition) is 2. The van der Waals surface area contributed by atoms with Crippen molar-refractivity contribution < 1.29 is 18.3 Å². The van der Waals surface area contributed by atoms with Crippen molar-refractivity contribution in [3.05, 3.63) is 24.3 Å². The summed E-state index contributed by atoms with van der Waals surface area (Å²) in [5.41, 5.74) is -0.222. The van der Waals surface area contributed by atoms with Crippen LogP contribution >= 0.6 is 0 Å². The molecule has 0 bridgehead atoms. The zero-order valence-electron chi connectivity index (χ0n) is 12.5. The van der Waals surface area contributed by atoms with Crippen molar-refractivity contribution in [3.8, 4) is 5.75 Å². The van der Waals surface area contributed by atoms with Crippen LogP contribution in [0.25, 0.3) is 0 Å². The summed E-state index contributed by atoms with van der Waals surface area (Å²) >= 11 is 0. The standard InChI is InChI=1S/C15H23NO4S/c1-3-15(4-2)11-12(9-10-20-15)16-21(18,19)14-7-5-13(17)6-8-14/h5-8,12,16-17H,3-4,9-11H2,1-2H3. The predicted molar refractivity (Wildman–Crippen MR) is 80.7 cm³/mol. The topological polar surface area (TPSA) is 75.6 Å². The Labute approximate surface area is 126 Å². The van der Waals surface area contributed by atoms with Gasteiger partial charge in [0.1, 0.15) is 5.75 Å². The van der Waals surface area contributed by atoms with E-state index in [0.29, 0.717) is 19.4 Å². The van der Waals surface area contributed by atoms with Crippen molar-refractivity contribution in [2.24, 2.45) is 0 Å².